The van der Waals surface area contributed by atoms with E-state index >= 15 is 0 Å². The summed E-state index contributed by atoms with van der Waals surface area (Å²) < 4.78 is 25.6. The predicted octanol–water partition coefficient (Wildman–Crippen LogP) is 4.53. The predicted molar refractivity (Wildman–Crippen MR) is 138 cm³/mol. The Morgan fingerprint density at radius 1 is 1.19 bits per heavy atom. The zero-order chi connectivity index (χ0) is 25.8. The molecule has 0 unspecified atom stereocenters. The molecule has 4 heterocycles. The second kappa shape index (κ2) is 10.8. The molecule has 3 N–H and O–H groups in total. The van der Waals surface area contributed by atoms with Crippen LogP contribution in [0.2, 0.25) is 0 Å². The number of carbonyl (C=O) groups excluding carboxylic acids is 1. The van der Waals surface area contributed by atoms with Crippen molar-refractivity contribution in [1.82, 2.24) is 25.3 Å². The number of amides is 1. The van der Waals surface area contributed by atoms with Crippen molar-refractivity contribution in [1.29, 1.82) is 0 Å². The topological polar surface area (TPSA) is 114 Å². The first kappa shape index (κ1) is 25.0. The van der Waals surface area contributed by atoms with Crippen LogP contribution in [0.15, 0.2) is 54.0 Å². The summed E-state index contributed by atoms with van der Waals surface area (Å²) in [5.41, 5.74) is 2.22. The second-order valence-corrected chi connectivity index (χ2v) is 10.3. The smallest absolute Gasteiger partial charge is 0.223 e. The van der Waals surface area contributed by atoms with Gasteiger partial charge in [0.05, 0.1) is 36.8 Å². The molecule has 9 nitrogen and oxygen atoms in total. The fourth-order valence-electron chi connectivity index (χ4n) is 3.91. The van der Waals surface area contributed by atoms with Gasteiger partial charge in [-0.2, -0.15) is 0 Å². The second-order valence-electron chi connectivity index (χ2n) is 9.23. The molecule has 1 fully saturated rings. The van der Waals surface area contributed by atoms with Crippen LogP contribution in [-0.4, -0.2) is 45.6 Å². The highest BCUT2D eigenvalue weighted by molar-refractivity contribution is 7.09. The number of imidazole rings is 1. The average molecular weight is 523 g/mol. The van der Waals surface area contributed by atoms with Crippen molar-refractivity contribution < 1.29 is 18.7 Å². The lowest BCUT2D eigenvalue weighted by Gasteiger charge is -2.36. The van der Waals surface area contributed by atoms with Gasteiger partial charge in [0.2, 0.25) is 18.1 Å². The maximum Gasteiger partial charge on any atom is 0.223 e. The number of H-pyrrole nitrogens is 1. The SMILES string of the molecule is CC(=O)NCC1(C)COC(c2nc(-c3ccc(F)cc3)c(-c3ccnc(NCc4cccs4)n3)[nH]2)OC1. The quantitative estimate of drug-likeness (QED) is 0.311. The van der Waals surface area contributed by atoms with Crippen LogP contribution in [0, 0.1) is 11.2 Å². The average Bonchev–Trinajstić information content (AvgIpc) is 3.58. The number of anilines is 1. The first-order valence-electron chi connectivity index (χ1n) is 11.8. The Morgan fingerprint density at radius 3 is 2.68 bits per heavy atom. The molecule has 37 heavy (non-hydrogen) atoms. The lowest BCUT2D eigenvalue weighted by Crippen LogP contribution is -2.45. The number of rotatable bonds is 8. The number of hydrogen-bond acceptors (Lipinski definition) is 8. The van der Waals surface area contributed by atoms with E-state index < -0.39 is 6.29 Å². The van der Waals surface area contributed by atoms with Crippen LogP contribution in [0.3, 0.4) is 0 Å². The Bertz CT molecular complexity index is 1350. The van der Waals surface area contributed by atoms with Crippen molar-refractivity contribution in [3.8, 4) is 22.6 Å². The van der Waals surface area contributed by atoms with Gasteiger partial charge in [0.1, 0.15) is 5.82 Å². The molecule has 5 rings (SSSR count). The molecule has 192 valence electrons. The lowest BCUT2D eigenvalue weighted by molar-refractivity contribution is -0.232. The highest BCUT2D eigenvalue weighted by Crippen LogP contribution is 2.35. The van der Waals surface area contributed by atoms with Gasteiger partial charge in [-0.1, -0.05) is 13.0 Å². The maximum absolute atomic E-state index is 13.6. The molecule has 1 aliphatic rings. The van der Waals surface area contributed by atoms with Gasteiger partial charge in [0.25, 0.3) is 0 Å². The molecule has 4 aromatic rings. The van der Waals surface area contributed by atoms with Gasteiger partial charge < -0.3 is 25.1 Å². The van der Waals surface area contributed by atoms with Gasteiger partial charge in [-0.15, -0.1) is 11.3 Å². The van der Waals surface area contributed by atoms with E-state index in [1.807, 2.05) is 24.4 Å². The van der Waals surface area contributed by atoms with E-state index in [4.69, 9.17) is 14.5 Å². The number of benzene rings is 1. The number of hydrogen-bond donors (Lipinski definition) is 3. The molecule has 1 saturated heterocycles. The minimum absolute atomic E-state index is 0.0999. The van der Waals surface area contributed by atoms with Crippen LogP contribution in [0.1, 0.15) is 30.8 Å². The van der Waals surface area contributed by atoms with Crippen molar-refractivity contribution in [2.45, 2.75) is 26.7 Å². The molecule has 0 saturated carbocycles. The number of aromatic nitrogens is 4. The number of halogens is 1. The van der Waals surface area contributed by atoms with E-state index in [0.29, 0.717) is 55.2 Å². The van der Waals surface area contributed by atoms with Gasteiger partial charge in [0, 0.05) is 35.5 Å². The van der Waals surface area contributed by atoms with Crippen LogP contribution in [0.5, 0.6) is 0 Å². The van der Waals surface area contributed by atoms with E-state index in [1.54, 1.807) is 35.7 Å². The van der Waals surface area contributed by atoms with E-state index in [-0.39, 0.29) is 17.1 Å². The first-order valence-corrected chi connectivity index (χ1v) is 12.7. The summed E-state index contributed by atoms with van der Waals surface area (Å²) in [4.78, 5) is 29.6. The summed E-state index contributed by atoms with van der Waals surface area (Å²) in [6, 6.07) is 11.9. The van der Waals surface area contributed by atoms with Gasteiger partial charge in [0.15, 0.2) is 5.82 Å². The standard InChI is InChI=1S/C26H27FN6O3S/c1-16(34)30-13-26(2)14-35-24(36-15-26)23-32-21(17-5-7-18(27)8-6-17)22(33-23)20-9-10-28-25(31-20)29-12-19-4-3-11-37-19/h3-11,24H,12-15H2,1-2H3,(H,30,34)(H,32,33)(H,28,29,31). The molecule has 0 aliphatic carbocycles. The fraction of sp³-hybridized carbons (Fsp3) is 0.308. The minimum atomic E-state index is -0.725. The van der Waals surface area contributed by atoms with Crippen LogP contribution in [-0.2, 0) is 20.8 Å². The van der Waals surface area contributed by atoms with E-state index in [1.165, 1.54) is 23.9 Å². The number of ether oxygens (including phenoxy) is 2. The summed E-state index contributed by atoms with van der Waals surface area (Å²) in [7, 11) is 0. The van der Waals surface area contributed by atoms with Crippen molar-refractivity contribution >= 4 is 23.2 Å². The monoisotopic (exact) mass is 522 g/mol. The zero-order valence-corrected chi connectivity index (χ0v) is 21.3. The van der Waals surface area contributed by atoms with E-state index in [2.05, 4.69) is 25.6 Å². The summed E-state index contributed by atoms with van der Waals surface area (Å²) in [5, 5.41) is 8.09. The molecule has 3 aromatic heterocycles. The first-order chi connectivity index (χ1) is 17.9. The number of carbonyl (C=O) groups is 1. The number of thiophene rings is 1. The molecule has 1 aliphatic heterocycles. The minimum Gasteiger partial charge on any atom is -0.356 e. The normalized spacial score (nSPS) is 19.5. The lowest BCUT2D eigenvalue weighted by atomic mass is 9.92. The van der Waals surface area contributed by atoms with Crippen LogP contribution < -0.4 is 10.6 Å². The van der Waals surface area contributed by atoms with Crippen LogP contribution in [0.25, 0.3) is 22.6 Å². The third-order valence-corrected chi connectivity index (χ3v) is 6.78. The summed E-state index contributed by atoms with van der Waals surface area (Å²) in [6.45, 7) is 5.29. The Labute approximate surface area is 217 Å². The van der Waals surface area contributed by atoms with Crippen LogP contribution >= 0.6 is 11.3 Å². The molecule has 0 spiro atoms. The Kier molecular flexibility index (Phi) is 7.26. The van der Waals surface area contributed by atoms with Crippen molar-refractivity contribution in [2.75, 3.05) is 25.1 Å². The molecule has 0 bridgehead atoms. The molecule has 1 amide bonds. The summed E-state index contributed by atoms with van der Waals surface area (Å²) in [5.74, 6) is 0.520. The number of nitrogens with zero attached hydrogens (tertiary/aromatic N) is 3. The Hall–Kier alpha value is -3.67. The van der Waals surface area contributed by atoms with E-state index in [0.717, 1.165) is 5.56 Å². The van der Waals surface area contributed by atoms with Gasteiger partial charge in [-0.05, 0) is 41.8 Å². The molecule has 1 aromatic carbocycles. The highest BCUT2D eigenvalue weighted by atomic mass is 32.1. The maximum atomic E-state index is 13.6. The molecular weight excluding hydrogens is 495 g/mol. The van der Waals surface area contributed by atoms with Gasteiger partial charge >= 0.3 is 0 Å². The van der Waals surface area contributed by atoms with Gasteiger partial charge in [-0.3, -0.25) is 4.79 Å². The van der Waals surface area contributed by atoms with Gasteiger partial charge in [-0.25, -0.2) is 19.3 Å². The van der Waals surface area contributed by atoms with E-state index in [9.17, 15) is 9.18 Å². The van der Waals surface area contributed by atoms with Crippen molar-refractivity contribution in [3.05, 3.63) is 70.6 Å². The Morgan fingerprint density at radius 2 is 1.97 bits per heavy atom. The molecule has 0 radical (unpaired) electrons. The zero-order valence-electron chi connectivity index (χ0n) is 20.5. The number of aromatic amines is 1. The summed E-state index contributed by atoms with van der Waals surface area (Å²) >= 11 is 1.65. The highest BCUT2D eigenvalue weighted by Gasteiger charge is 2.35. The third-order valence-electron chi connectivity index (χ3n) is 5.91. The molecule has 11 heteroatoms. The van der Waals surface area contributed by atoms with Crippen molar-refractivity contribution in [2.24, 2.45) is 5.41 Å². The molecule has 0 atom stereocenters. The third kappa shape index (κ3) is 6.01. The van der Waals surface area contributed by atoms with Crippen LogP contribution in [0.4, 0.5) is 10.3 Å². The number of nitrogens with one attached hydrogen (secondary N) is 3. The van der Waals surface area contributed by atoms with Crippen molar-refractivity contribution in [3.63, 3.8) is 0 Å². The fourth-order valence-corrected chi connectivity index (χ4v) is 4.55. The largest absolute Gasteiger partial charge is 0.356 e. The summed E-state index contributed by atoms with van der Waals surface area (Å²) in [6.07, 6.45) is 0.950. The molecular formula is C26H27FN6O3S. The Balaban J connectivity index is 1.41.